The number of imide groups is 1. The summed E-state index contributed by atoms with van der Waals surface area (Å²) >= 11 is 0. The van der Waals surface area contributed by atoms with Crippen molar-refractivity contribution >= 4 is 47.2 Å². The molecule has 0 bridgehead atoms. The Balaban J connectivity index is 1.56. The van der Waals surface area contributed by atoms with E-state index in [9.17, 15) is 33.6 Å². The highest BCUT2D eigenvalue weighted by atomic mass is 16.7. The second-order valence-corrected chi connectivity index (χ2v) is 10.4. The standard InChI is InChI=1S/C31H42N4O12/c1-20(2)29(31(42)32-21(3)30(41)33-24-7-5-23(6-8-24)19-46-22(4)36)34-25(37)11-13-43-15-17-45-18-16-44-14-12-28(40)47-35-26(38)9-10-27(35)39/h5-8,21,29H,1,9-19H2,2-4H3,(H,32,42)(H,33,41)(H,34,37)/t21-,29-/m0/s1. The number of nitrogens with zero attached hydrogens (tertiary/aromatic N) is 1. The maximum absolute atomic E-state index is 12.8. The predicted molar refractivity (Wildman–Crippen MR) is 164 cm³/mol. The number of carbonyl (C=O) groups excluding carboxylic acids is 7. The van der Waals surface area contributed by atoms with Gasteiger partial charge in [-0.25, -0.2) is 4.79 Å². The molecule has 0 unspecified atom stereocenters. The second kappa shape index (κ2) is 20.5. The Bertz CT molecular complexity index is 1270. The van der Waals surface area contributed by atoms with E-state index < -0.39 is 53.6 Å². The largest absolute Gasteiger partial charge is 0.461 e. The minimum atomic E-state index is -1.06. The third-order valence-electron chi connectivity index (χ3n) is 6.34. The SMILES string of the molecule is C=C(C)[C@H](NC(=O)CCOCCOCCOCCC(=O)ON1C(=O)CCC1=O)C(=O)N[C@@H](C)C(=O)Nc1ccc(COC(C)=O)cc1. The molecule has 3 N–H and O–H groups in total. The van der Waals surface area contributed by atoms with Crippen LogP contribution in [0.2, 0.25) is 0 Å². The van der Waals surface area contributed by atoms with E-state index in [1.807, 2.05) is 0 Å². The number of hydrogen-bond donors (Lipinski definition) is 3. The van der Waals surface area contributed by atoms with Crippen LogP contribution in [0.5, 0.6) is 0 Å². The summed E-state index contributed by atoms with van der Waals surface area (Å²) in [5.74, 6) is -3.78. The minimum Gasteiger partial charge on any atom is -0.461 e. The number of benzene rings is 1. The molecular weight excluding hydrogens is 620 g/mol. The first-order valence-corrected chi connectivity index (χ1v) is 15.0. The molecule has 0 aromatic heterocycles. The van der Waals surface area contributed by atoms with E-state index in [1.165, 1.54) is 13.8 Å². The van der Waals surface area contributed by atoms with Crippen molar-refractivity contribution in [1.29, 1.82) is 0 Å². The molecule has 5 amide bonds. The van der Waals surface area contributed by atoms with Gasteiger partial charge in [0.25, 0.3) is 11.8 Å². The number of hydroxylamine groups is 2. The zero-order chi connectivity index (χ0) is 34.8. The van der Waals surface area contributed by atoms with Crippen LogP contribution in [0.15, 0.2) is 36.4 Å². The lowest BCUT2D eigenvalue weighted by Crippen LogP contribution is -2.52. The van der Waals surface area contributed by atoms with Gasteiger partial charge in [0.05, 0.1) is 46.1 Å². The van der Waals surface area contributed by atoms with Crippen molar-refractivity contribution in [3.05, 3.63) is 42.0 Å². The minimum absolute atomic E-state index is 0.0228. The Labute approximate surface area is 272 Å². The number of carbonyl (C=O) groups is 7. The summed E-state index contributed by atoms with van der Waals surface area (Å²) < 4.78 is 20.9. The molecule has 0 saturated carbocycles. The number of anilines is 1. The molecule has 1 aromatic rings. The van der Waals surface area contributed by atoms with Crippen molar-refractivity contribution in [3.63, 3.8) is 0 Å². The monoisotopic (exact) mass is 662 g/mol. The quantitative estimate of drug-likeness (QED) is 0.0720. The first-order valence-electron chi connectivity index (χ1n) is 15.0. The number of amides is 5. The molecule has 2 rings (SSSR count). The summed E-state index contributed by atoms with van der Waals surface area (Å²) in [6.45, 7) is 9.19. The van der Waals surface area contributed by atoms with Gasteiger partial charge in [-0.05, 0) is 37.1 Å². The van der Waals surface area contributed by atoms with Crippen LogP contribution >= 0.6 is 0 Å². The van der Waals surface area contributed by atoms with Crippen LogP contribution in [-0.4, -0.2) is 98.3 Å². The van der Waals surface area contributed by atoms with Crippen LogP contribution in [0.3, 0.4) is 0 Å². The first-order chi connectivity index (χ1) is 22.4. The smallest absolute Gasteiger partial charge is 0.335 e. The summed E-state index contributed by atoms with van der Waals surface area (Å²) in [4.78, 5) is 88.0. The van der Waals surface area contributed by atoms with E-state index in [-0.39, 0.29) is 71.9 Å². The fraction of sp³-hybridized carbons (Fsp3) is 0.516. The molecule has 258 valence electrons. The van der Waals surface area contributed by atoms with Gasteiger partial charge in [0, 0.05) is 31.9 Å². The van der Waals surface area contributed by atoms with Gasteiger partial charge in [0.2, 0.25) is 17.7 Å². The molecule has 1 fully saturated rings. The Morgan fingerprint density at radius 3 is 1.91 bits per heavy atom. The molecule has 1 aromatic carbocycles. The van der Waals surface area contributed by atoms with E-state index in [1.54, 1.807) is 31.2 Å². The lowest BCUT2D eigenvalue weighted by molar-refractivity contribution is -0.198. The molecule has 16 heteroatoms. The molecule has 0 spiro atoms. The molecule has 1 aliphatic heterocycles. The summed E-state index contributed by atoms with van der Waals surface area (Å²) in [5, 5.41) is 8.32. The zero-order valence-electron chi connectivity index (χ0n) is 26.8. The van der Waals surface area contributed by atoms with Crippen LogP contribution in [0.1, 0.15) is 52.0 Å². The van der Waals surface area contributed by atoms with Crippen molar-refractivity contribution in [2.45, 2.75) is 65.1 Å². The Kier molecular flexibility index (Phi) is 16.8. The van der Waals surface area contributed by atoms with Gasteiger partial charge in [-0.1, -0.05) is 18.7 Å². The average molecular weight is 663 g/mol. The fourth-order valence-electron chi connectivity index (χ4n) is 3.80. The first kappa shape index (κ1) is 38.5. The van der Waals surface area contributed by atoms with Gasteiger partial charge in [0.1, 0.15) is 18.7 Å². The lowest BCUT2D eigenvalue weighted by Gasteiger charge is -2.21. The van der Waals surface area contributed by atoms with Crippen molar-refractivity contribution in [2.24, 2.45) is 0 Å². The van der Waals surface area contributed by atoms with Crippen molar-refractivity contribution in [1.82, 2.24) is 15.7 Å². The summed E-state index contributed by atoms with van der Waals surface area (Å²) in [6.07, 6.45) is -0.125. The molecular formula is C31H42N4O12. The maximum Gasteiger partial charge on any atom is 0.335 e. The zero-order valence-corrected chi connectivity index (χ0v) is 26.8. The van der Waals surface area contributed by atoms with Gasteiger partial charge >= 0.3 is 11.9 Å². The molecule has 0 aliphatic carbocycles. The van der Waals surface area contributed by atoms with E-state index >= 15 is 0 Å². The van der Waals surface area contributed by atoms with Gasteiger partial charge in [-0.15, -0.1) is 5.06 Å². The van der Waals surface area contributed by atoms with E-state index in [0.29, 0.717) is 16.3 Å². The van der Waals surface area contributed by atoms with E-state index in [2.05, 4.69) is 22.5 Å². The summed E-state index contributed by atoms with van der Waals surface area (Å²) in [5.41, 5.74) is 1.60. The molecule has 47 heavy (non-hydrogen) atoms. The average Bonchev–Trinajstić information content (AvgIpc) is 3.33. The van der Waals surface area contributed by atoms with Crippen LogP contribution in [0, 0.1) is 0 Å². The van der Waals surface area contributed by atoms with E-state index in [0.717, 1.165) is 5.56 Å². The molecule has 1 heterocycles. The third kappa shape index (κ3) is 15.0. The second-order valence-electron chi connectivity index (χ2n) is 10.4. The molecule has 1 saturated heterocycles. The summed E-state index contributed by atoms with van der Waals surface area (Å²) in [7, 11) is 0. The van der Waals surface area contributed by atoms with Gasteiger partial charge in [0.15, 0.2) is 0 Å². The Hall–Kier alpha value is -4.67. The van der Waals surface area contributed by atoms with Gasteiger partial charge in [-0.2, -0.15) is 0 Å². The fourth-order valence-corrected chi connectivity index (χ4v) is 3.80. The number of hydrogen-bond acceptors (Lipinski definition) is 12. The Morgan fingerprint density at radius 2 is 1.36 bits per heavy atom. The lowest BCUT2D eigenvalue weighted by atomic mass is 10.1. The highest BCUT2D eigenvalue weighted by Gasteiger charge is 2.32. The number of esters is 1. The molecule has 0 radical (unpaired) electrons. The van der Waals surface area contributed by atoms with Crippen LogP contribution in [-0.2, 0) is 64.0 Å². The van der Waals surface area contributed by atoms with Gasteiger partial charge < -0.3 is 39.7 Å². The predicted octanol–water partition coefficient (Wildman–Crippen LogP) is 0.691. The Morgan fingerprint density at radius 1 is 0.809 bits per heavy atom. The van der Waals surface area contributed by atoms with Crippen molar-refractivity contribution in [2.75, 3.05) is 45.0 Å². The highest BCUT2D eigenvalue weighted by Crippen LogP contribution is 2.13. The third-order valence-corrected chi connectivity index (χ3v) is 6.34. The molecule has 1 aliphatic rings. The van der Waals surface area contributed by atoms with Crippen molar-refractivity contribution in [3.8, 4) is 0 Å². The highest BCUT2D eigenvalue weighted by molar-refractivity contribution is 6.01. The maximum atomic E-state index is 12.8. The van der Waals surface area contributed by atoms with Crippen LogP contribution < -0.4 is 16.0 Å². The van der Waals surface area contributed by atoms with E-state index in [4.69, 9.17) is 23.8 Å². The summed E-state index contributed by atoms with van der Waals surface area (Å²) in [6, 6.07) is 4.69. The van der Waals surface area contributed by atoms with Gasteiger partial charge in [-0.3, -0.25) is 28.8 Å². The topological polar surface area (TPSA) is 205 Å². The van der Waals surface area contributed by atoms with Crippen LogP contribution in [0.4, 0.5) is 5.69 Å². The molecule has 16 nitrogen and oxygen atoms in total. The number of ether oxygens (including phenoxy) is 4. The van der Waals surface area contributed by atoms with Crippen molar-refractivity contribution < 1.29 is 57.3 Å². The number of nitrogens with one attached hydrogen (secondary N) is 3. The molecule has 2 atom stereocenters. The normalized spacial score (nSPS) is 13.8. The number of rotatable bonds is 21. The van der Waals surface area contributed by atoms with Crippen LogP contribution in [0.25, 0.3) is 0 Å².